The maximum absolute atomic E-state index is 12.8. The van der Waals surface area contributed by atoms with Gasteiger partial charge in [-0.15, -0.1) is 11.3 Å². The van der Waals surface area contributed by atoms with Crippen molar-refractivity contribution in [3.05, 3.63) is 58.3 Å². The molecule has 0 bridgehead atoms. The maximum Gasteiger partial charge on any atom is 0.223 e. The Labute approximate surface area is 148 Å². The standard InChI is InChI=1S/C20H25NO2S/c22-20(10-4-8-17-6-2-1-3-7-17)21(16-19-9-5-15-24-19)18-11-13-23-14-12-18/h1-3,5-7,9,15,18H,4,8,10-14,16H2. The second-order valence-corrected chi connectivity index (χ2v) is 7.32. The fourth-order valence-electron chi connectivity index (χ4n) is 3.22. The Balaban J connectivity index is 1.57. The Bertz CT molecular complexity index is 606. The highest BCUT2D eigenvalue weighted by Crippen LogP contribution is 2.21. The molecule has 3 nitrogen and oxygen atoms in total. The summed E-state index contributed by atoms with van der Waals surface area (Å²) in [4.78, 5) is 16.2. The lowest BCUT2D eigenvalue weighted by Gasteiger charge is -2.34. The van der Waals surface area contributed by atoms with E-state index in [1.165, 1.54) is 10.4 Å². The van der Waals surface area contributed by atoms with Crippen LogP contribution in [-0.2, 0) is 22.5 Å². The predicted octanol–water partition coefficient (Wildman–Crippen LogP) is 4.28. The lowest BCUT2D eigenvalue weighted by molar-refractivity contribution is -0.136. The van der Waals surface area contributed by atoms with E-state index in [-0.39, 0.29) is 5.91 Å². The molecule has 1 aliphatic heterocycles. The van der Waals surface area contributed by atoms with Crippen molar-refractivity contribution in [2.24, 2.45) is 0 Å². The lowest BCUT2D eigenvalue weighted by atomic mass is 10.0. The summed E-state index contributed by atoms with van der Waals surface area (Å²) in [6, 6.07) is 14.9. The zero-order valence-corrected chi connectivity index (χ0v) is 14.8. The molecule has 0 radical (unpaired) electrons. The lowest BCUT2D eigenvalue weighted by Crippen LogP contribution is -2.42. The fraction of sp³-hybridized carbons (Fsp3) is 0.450. The minimum Gasteiger partial charge on any atom is -0.381 e. The van der Waals surface area contributed by atoms with Gasteiger partial charge in [-0.1, -0.05) is 36.4 Å². The first-order chi connectivity index (χ1) is 11.8. The van der Waals surface area contributed by atoms with E-state index in [4.69, 9.17) is 4.74 Å². The second kappa shape index (κ2) is 9.00. The van der Waals surface area contributed by atoms with Gasteiger partial charge in [0.1, 0.15) is 0 Å². The summed E-state index contributed by atoms with van der Waals surface area (Å²) in [5, 5.41) is 2.08. The van der Waals surface area contributed by atoms with Crippen molar-refractivity contribution in [2.45, 2.75) is 44.7 Å². The van der Waals surface area contributed by atoms with E-state index in [2.05, 4.69) is 46.7 Å². The number of benzene rings is 1. The number of ether oxygens (including phenoxy) is 1. The first-order valence-electron chi connectivity index (χ1n) is 8.76. The quantitative estimate of drug-likeness (QED) is 0.751. The van der Waals surface area contributed by atoms with Gasteiger partial charge in [0.15, 0.2) is 0 Å². The van der Waals surface area contributed by atoms with E-state index in [0.717, 1.165) is 45.4 Å². The van der Waals surface area contributed by atoms with Gasteiger partial charge in [0.2, 0.25) is 5.91 Å². The summed E-state index contributed by atoms with van der Waals surface area (Å²) >= 11 is 1.73. The molecule has 2 heterocycles. The van der Waals surface area contributed by atoms with Crippen LogP contribution in [0.3, 0.4) is 0 Å². The van der Waals surface area contributed by atoms with Crippen LogP contribution in [0.5, 0.6) is 0 Å². The Morgan fingerprint density at radius 3 is 2.62 bits per heavy atom. The van der Waals surface area contributed by atoms with Gasteiger partial charge in [-0.3, -0.25) is 4.79 Å². The van der Waals surface area contributed by atoms with Gasteiger partial charge >= 0.3 is 0 Å². The first kappa shape index (κ1) is 17.2. The van der Waals surface area contributed by atoms with Gasteiger partial charge in [0, 0.05) is 30.6 Å². The Morgan fingerprint density at radius 1 is 1.12 bits per heavy atom. The van der Waals surface area contributed by atoms with Gasteiger partial charge in [-0.05, 0) is 42.7 Å². The smallest absolute Gasteiger partial charge is 0.223 e. The molecule has 24 heavy (non-hydrogen) atoms. The highest BCUT2D eigenvalue weighted by atomic mass is 32.1. The Kier molecular flexibility index (Phi) is 6.44. The zero-order valence-electron chi connectivity index (χ0n) is 14.0. The number of hydrogen-bond acceptors (Lipinski definition) is 3. The van der Waals surface area contributed by atoms with Crippen molar-refractivity contribution < 1.29 is 9.53 Å². The number of carbonyl (C=O) groups is 1. The first-order valence-corrected chi connectivity index (χ1v) is 9.64. The summed E-state index contributed by atoms with van der Waals surface area (Å²) in [5.41, 5.74) is 1.31. The number of amides is 1. The van der Waals surface area contributed by atoms with Crippen LogP contribution in [0.15, 0.2) is 47.8 Å². The molecule has 1 aromatic carbocycles. The number of nitrogens with zero attached hydrogens (tertiary/aromatic N) is 1. The minimum absolute atomic E-state index is 0.284. The van der Waals surface area contributed by atoms with E-state index in [1.807, 2.05) is 6.07 Å². The summed E-state index contributed by atoms with van der Waals surface area (Å²) in [6.07, 6.45) is 4.41. The van der Waals surface area contributed by atoms with Gasteiger partial charge in [0.05, 0.1) is 6.54 Å². The van der Waals surface area contributed by atoms with Crippen LogP contribution in [0, 0.1) is 0 Å². The molecule has 128 valence electrons. The molecular formula is C20H25NO2S. The van der Waals surface area contributed by atoms with Crippen LogP contribution >= 0.6 is 11.3 Å². The number of aryl methyl sites for hydroxylation is 1. The van der Waals surface area contributed by atoms with Gasteiger partial charge in [-0.25, -0.2) is 0 Å². The zero-order chi connectivity index (χ0) is 16.6. The summed E-state index contributed by atoms with van der Waals surface area (Å²) in [7, 11) is 0. The average molecular weight is 343 g/mol. The molecule has 0 spiro atoms. The van der Waals surface area contributed by atoms with Crippen LogP contribution in [-0.4, -0.2) is 30.1 Å². The SMILES string of the molecule is O=C(CCCc1ccccc1)N(Cc1cccs1)C1CCOCC1. The molecule has 0 unspecified atom stereocenters. The van der Waals surface area contributed by atoms with Crippen LogP contribution in [0.25, 0.3) is 0 Å². The van der Waals surface area contributed by atoms with Crippen molar-refractivity contribution in [3.8, 4) is 0 Å². The van der Waals surface area contributed by atoms with E-state index < -0.39 is 0 Å². The molecule has 1 aromatic heterocycles. The number of rotatable bonds is 7. The van der Waals surface area contributed by atoms with Crippen LogP contribution in [0.1, 0.15) is 36.1 Å². The number of hydrogen-bond donors (Lipinski definition) is 0. The van der Waals surface area contributed by atoms with Crippen molar-refractivity contribution >= 4 is 17.2 Å². The molecule has 1 fully saturated rings. The third-order valence-electron chi connectivity index (χ3n) is 4.56. The second-order valence-electron chi connectivity index (χ2n) is 6.28. The summed E-state index contributed by atoms with van der Waals surface area (Å²) in [5.74, 6) is 0.284. The van der Waals surface area contributed by atoms with Gasteiger partial charge < -0.3 is 9.64 Å². The summed E-state index contributed by atoms with van der Waals surface area (Å²) in [6.45, 7) is 2.28. The molecule has 0 aliphatic carbocycles. The number of carbonyl (C=O) groups excluding carboxylic acids is 1. The normalized spacial score (nSPS) is 15.3. The molecule has 1 saturated heterocycles. The van der Waals surface area contributed by atoms with E-state index in [9.17, 15) is 4.79 Å². The topological polar surface area (TPSA) is 29.5 Å². The Morgan fingerprint density at radius 2 is 1.92 bits per heavy atom. The predicted molar refractivity (Wildman–Crippen MR) is 98.1 cm³/mol. The fourth-order valence-corrected chi connectivity index (χ4v) is 3.92. The monoisotopic (exact) mass is 343 g/mol. The number of thiophene rings is 1. The average Bonchev–Trinajstić information content (AvgIpc) is 3.14. The van der Waals surface area contributed by atoms with Gasteiger partial charge in [0.25, 0.3) is 0 Å². The molecule has 0 saturated carbocycles. The van der Waals surface area contributed by atoms with E-state index in [0.29, 0.717) is 12.5 Å². The molecular weight excluding hydrogens is 318 g/mol. The molecule has 1 amide bonds. The van der Waals surface area contributed by atoms with Crippen molar-refractivity contribution in [2.75, 3.05) is 13.2 Å². The molecule has 1 aliphatic rings. The van der Waals surface area contributed by atoms with Crippen LogP contribution in [0.2, 0.25) is 0 Å². The van der Waals surface area contributed by atoms with E-state index in [1.54, 1.807) is 11.3 Å². The third kappa shape index (κ3) is 4.92. The molecule has 0 atom stereocenters. The summed E-state index contributed by atoms with van der Waals surface area (Å²) < 4.78 is 5.47. The van der Waals surface area contributed by atoms with Crippen molar-refractivity contribution in [3.63, 3.8) is 0 Å². The highest BCUT2D eigenvalue weighted by molar-refractivity contribution is 7.09. The maximum atomic E-state index is 12.8. The largest absolute Gasteiger partial charge is 0.381 e. The minimum atomic E-state index is 0.284. The van der Waals surface area contributed by atoms with Crippen molar-refractivity contribution in [1.82, 2.24) is 4.90 Å². The van der Waals surface area contributed by atoms with Crippen LogP contribution in [0.4, 0.5) is 0 Å². The molecule has 4 heteroatoms. The van der Waals surface area contributed by atoms with Gasteiger partial charge in [-0.2, -0.15) is 0 Å². The molecule has 2 aromatic rings. The molecule has 0 N–H and O–H groups in total. The van der Waals surface area contributed by atoms with Crippen molar-refractivity contribution in [1.29, 1.82) is 0 Å². The molecule has 3 rings (SSSR count). The third-order valence-corrected chi connectivity index (χ3v) is 5.42. The highest BCUT2D eigenvalue weighted by Gasteiger charge is 2.25. The van der Waals surface area contributed by atoms with Crippen LogP contribution < -0.4 is 0 Å². The van der Waals surface area contributed by atoms with E-state index >= 15 is 0 Å². The Hall–Kier alpha value is -1.65.